The van der Waals surface area contributed by atoms with Crippen molar-refractivity contribution in [3.05, 3.63) is 78.1 Å². The number of carbonyl (C=O) groups is 1. The van der Waals surface area contributed by atoms with Gasteiger partial charge in [-0.1, -0.05) is 35.9 Å². The summed E-state index contributed by atoms with van der Waals surface area (Å²) in [7, 11) is -3.53. The van der Waals surface area contributed by atoms with Crippen LogP contribution in [0.25, 0.3) is 5.69 Å². The Kier molecular flexibility index (Phi) is 5.69. The van der Waals surface area contributed by atoms with Gasteiger partial charge in [0.2, 0.25) is 15.9 Å². The van der Waals surface area contributed by atoms with Crippen LogP contribution in [0.4, 0.5) is 0 Å². The van der Waals surface area contributed by atoms with Crippen LogP contribution in [0, 0.1) is 6.92 Å². The summed E-state index contributed by atoms with van der Waals surface area (Å²) in [6, 6.07) is 16.6. The Bertz CT molecular complexity index is 1120. The van der Waals surface area contributed by atoms with Crippen molar-refractivity contribution < 1.29 is 13.2 Å². The second-order valence-corrected chi connectivity index (χ2v) is 9.34. The first-order valence-corrected chi connectivity index (χ1v) is 11.3. The van der Waals surface area contributed by atoms with E-state index in [9.17, 15) is 13.2 Å². The van der Waals surface area contributed by atoms with Crippen molar-refractivity contribution >= 4 is 15.9 Å². The molecule has 30 heavy (non-hydrogen) atoms. The lowest BCUT2D eigenvalue weighted by Crippen LogP contribution is -2.50. The first kappa shape index (κ1) is 20.3. The van der Waals surface area contributed by atoms with E-state index in [1.165, 1.54) is 4.31 Å². The van der Waals surface area contributed by atoms with Crippen LogP contribution >= 0.6 is 0 Å². The number of hydrogen-bond donors (Lipinski definition) is 0. The zero-order valence-corrected chi connectivity index (χ0v) is 17.6. The number of aromatic nitrogens is 2. The number of rotatable bonds is 5. The number of para-hydroxylation sites is 1. The minimum absolute atomic E-state index is 0.0185. The molecule has 0 unspecified atom stereocenters. The highest BCUT2D eigenvalue weighted by Gasteiger charge is 2.30. The van der Waals surface area contributed by atoms with E-state index < -0.39 is 10.0 Å². The molecule has 1 amide bonds. The van der Waals surface area contributed by atoms with Crippen LogP contribution in [0.3, 0.4) is 0 Å². The SMILES string of the molecule is Cc1ccc(S(=O)(=O)N2CCN(C(=O)Cc3cnn(-c4ccccc4)c3)CC2)cc1. The van der Waals surface area contributed by atoms with E-state index in [-0.39, 0.29) is 12.3 Å². The third-order valence-electron chi connectivity index (χ3n) is 5.26. The van der Waals surface area contributed by atoms with Gasteiger partial charge in [0.05, 0.1) is 23.2 Å². The van der Waals surface area contributed by atoms with Gasteiger partial charge in [-0.15, -0.1) is 0 Å². The van der Waals surface area contributed by atoms with E-state index in [1.807, 2.05) is 43.5 Å². The van der Waals surface area contributed by atoms with Crippen LogP contribution in [0.15, 0.2) is 71.9 Å². The zero-order valence-electron chi connectivity index (χ0n) is 16.8. The van der Waals surface area contributed by atoms with Crippen molar-refractivity contribution in [2.24, 2.45) is 0 Å². The summed E-state index contributed by atoms with van der Waals surface area (Å²) >= 11 is 0. The molecule has 0 saturated carbocycles. The molecule has 1 saturated heterocycles. The molecule has 2 heterocycles. The van der Waals surface area contributed by atoms with E-state index in [0.717, 1.165) is 16.8 Å². The molecule has 0 bridgehead atoms. The Labute approximate surface area is 176 Å². The normalized spacial score (nSPS) is 15.3. The van der Waals surface area contributed by atoms with Crippen molar-refractivity contribution in [3.8, 4) is 5.69 Å². The number of sulfonamides is 1. The maximum absolute atomic E-state index is 12.8. The van der Waals surface area contributed by atoms with Crippen LogP contribution in [-0.4, -0.2) is 59.5 Å². The van der Waals surface area contributed by atoms with Crippen molar-refractivity contribution in [3.63, 3.8) is 0 Å². The van der Waals surface area contributed by atoms with E-state index in [1.54, 1.807) is 40.0 Å². The van der Waals surface area contributed by atoms with Gasteiger partial charge in [-0.05, 0) is 36.8 Å². The summed E-state index contributed by atoms with van der Waals surface area (Å²) in [5.74, 6) is -0.0185. The Morgan fingerprint density at radius 1 is 0.967 bits per heavy atom. The molecule has 8 heteroatoms. The van der Waals surface area contributed by atoms with Gasteiger partial charge in [-0.3, -0.25) is 4.79 Å². The third kappa shape index (κ3) is 4.29. The highest BCUT2D eigenvalue weighted by atomic mass is 32.2. The van der Waals surface area contributed by atoms with Gasteiger partial charge >= 0.3 is 0 Å². The van der Waals surface area contributed by atoms with Crippen molar-refractivity contribution in [2.45, 2.75) is 18.2 Å². The van der Waals surface area contributed by atoms with Crippen LogP contribution in [-0.2, 0) is 21.2 Å². The average molecular weight is 425 g/mol. The fraction of sp³-hybridized carbons (Fsp3) is 0.273. The van der Waals surface area contributed by atoms with E-state index in [4.69, 9.17) is 0 Å². The van der Waals surface area contributed by atoms with Crippen LogP contribution in [0.5, 0.6) is 0 Å². The quantitative estimate of drug-likeness (QED) is 0.630. The Hall–Kier alpha value is -2.97. The lowest BCUT2D eigenvalue weighted by atomic mass is 10.2. The monoisotopic (exact) mass is 424 g/mol. The summed E-state index contributed by atoms with van der Waals surface area (Å²) < 4.78 is 28.8. The molecule has 3 aromatic rings. The fourth-order valence-electron chi connectivity index (χ4n) is 3.50. The van der Waals surface area contributed by atoms with Crippen molar-refractivity contribution in [2.75, 3.05) is 26.2 Å². The van der Waals surface area contributed by atoms with E-state index >= 15 is 0 Å². The molecule has 4 rings (SSSR count). The largest absolute Gasteiger partial charge is 0.340 e. The number of aryl methyl sites for hydroxylation is 1. The summed E-state index contributed by atoms with van der Waals surface area (Å²) in [5, 5.41) is 4.33. The maximum atomic E-state index is 12.8. The highest BCUT2D eigenvalue weighted by molar-refractivity contribution is 7.89. The lowest BCUT2D eigenvalue weighted by Gasteiger charge is -2.34. The van der Waals surface area contributed by atoms with Gasteiger partial charge in [-0.25, -0.2) is 13.1 Å². The Morgan fingerprint density at radius 2 is 1.63 bits per heavy atom. The Balaban J connectivity index is 1.36. The zero-order chi connectivity index (χ0) is 21.1. The summed E-state index contributed by atoms with van der Waals surface area (Å²) in [4.78, 5) is 14.7. The molecule has 1 fully saturated rings. The molecule has 0 spiro atoms. The third-order valence-corrected chi connectivity index (χ3v) is 7.18. The summed E-state index contributed by atoms with van der Waals surface area (Å²) in [6.45, 7) is 3.29. The molecular weight excluding hydrogens is 400 g/mol. The smallest absolute Gasteiger partial charge is 0.243 e. The number of carbonyl (C=O) groups excluding carboxylic acids is 1. The second-order valence-electron chi connectivity index (χ2n) is 7.40. The van der Waals surface area contributed by atoms with Crippen LogP contribution < -0.4 is 0 Å². The molecule has 7 nitrogen and oxygen atoms in total. The molecule has 156 valence electrons. The lowest BCUT2D eigenvalue weighted by molar-refractivity contribution is -0.131. The molecule has 2 aromatic carbocycles. The predicted octanol–water partition coefficient (Wildman–Crippen LogP) is 2.26. The molecule has 0 aliphatic carbocycles. The van der Waals surface area contributed by atoms with Gasteiger partial charge in [0.1, 0.15) is 0 Å². The summed E-state index contributed by atoms with van der Waals surface area (Å²) in [5.41, 5.74) is 2.78. The van der Waals surface area contributed by atoms with Crippen LogP contribution in [0.1, 0.15) is 11.1 Å². The molecule has 0 radical (unpaired) electrons. The first-order valence-electron chi connectivity index (χ1n) is 9.87. The highest BCUT2D eigenvalue weighted by Crippen LogP contribution is 2.19. The number of hydrogen-bond acceptors (Lipinski definition) is 4. The maximum Gasteiger partial charge on any atom is 0.243 e. The molecular formula is C22H24N4O3S. The molecule has 1 aliphatic heterocycles. The predicted molar refractivity (Wildman–Crippen MR) is 114 cm³/mol. The van der Waals surface area contributed by atoms with Gasteiger partial charge in [0.25, 0.3) is 0 Å². The number of piperazine rings is 1. The standard InChI is InChI=1S/C22H24N4O3S/c1-18-7-9-21(10-8-18)30(28,29)25-13-11-24(12-14-25)22(27)15-19-16-23-26(17-19)20-5-3-2-4-6-20/h2-10,16-17H,11-15H2,1H3. The van der Waals surface area contributed by atoms with Gasteiger partial charge in [0, 0.05) is 32.4 Å². The minimum Gasteiger partial charge on any atom is -0.340 e. The number of benzene rings is 2. The number of amides is 1. The van der Waals surface area contributed by atoms with Gasteiger partial charge in [0.15, 0.2) is 0 Å². The molecule has 1 aromatic heterocycles. The summed E-state index contributed by atoms with van der Waals surface area (Å²) in [6.07, 6.45) is 3.80. The molecule has 0 atom stereocenters. The first-order chi connectivity index (χ1) is 14.4. The topological polar surface area (TPSA) is 75.5 Å². The fourth-order valence-corrected chi connectivity index (χ4v) is 4.92. The second kappa shape index (κ2) is 8.41. The van der Waals surface area contributed by atoms with Crippen LogP contribution in [0.2, 0.25) is 0 Å². The van der Waals surface area contributed by atoms with E-state index in [2.05, 4.69) is 5.10 Å². The number of nitrogens with zero attached hydrogens (tertiary/aromatic N) is 4. The van der Waals surface area contributed by atoms with Gasteiger partial charge in [-0.2, -0.15) is 9.40 Å². The molecule has 1 aliphatic rings. The van der Waals surface area contributed by atoms with E-state index in [0.29, 0.717) is 31.1 Å². The Morgan fingerprint density at radius 3 is 2.30 bits per heavy atom. The van der Waals surface area contributed by atoms with Gasteiger partial charge < -0.3 is 4.90 Å². The average Bonchev–Trinajstić information content (AvgIpc) is 3.23. The van der Waals surface area contributed by atoms with Crippen molar-refractivity contribution in [1.29, 1.82) is 0 Å². The molecule has 0 N–H and O–H groups in total. The van der Waals surface area contributed by atoms with Crippen molar-refractivity contribution in [1.82, 2.24) is 19.0 Å². The minimum atomic E-state index is -3.53.